The lowest BCUT2D eigenvalue weighted by Crippen LogP contribution is -2.46. The fourth-order valence-electron chi connectivity index (χ4n) is 2.41. The van der Waals surface area contributed by atoms with Gasteiger partial charge in [-0.25, -0.2) is 4.79 Å². The maximum absolute atomic E-state index is 12.1. The third-order valence-corrected chi connectivity index (χ3v) is 3.63. The zero-order valence-electron chi connectivity index (χ0n) is 12.9. The summed E-state index contributed by atoms with van der Waals surface area (Å²) >= 11 is 0. The molecule has 0 saturated heterocycles. The smallest absolute Gasteiger partial charge is 0.329 e. The average molecular weight is 307 g/mol. The summed E-state index contributed by atoms with van der Waals surface area (Å²) in [5, 5.41) is 19.1. The van der Waals surface area contributed by atoms with Crippen LogP contribution in [0.1, 0.15) is 24.8 Å². The normalized spacial score (nSPS) is 13.0. The van der Waals surface area contributed by atoms with Gasteiger partial charge in [-0.15, -0.1) is 0 Å². The van der Waals surface area contributed by atoms with Gasteiger partial charge < -0.3 is 19.8 Å². The minimum absolute atomic E-state index is 0.247. The van der Waals surface area contributed by atoms with Crippen molar-refractivity contribution < 1.29 is 24.5 Å². The summed E-state index contributed by atoms with van der Waals surface area (Å²) in [4.78, 5) is 25.3. The van der Waals surface area contributed by atoms with E-state index in [1.807, 2.05) is 6.92 Å². The molecule has 2 atom stereocenters. The van der Waals surface area contributed by atoms with E-state index in [1.165, 1.54) is 31.2 Å². The largest absolute Gasteiger partial charge is 0.504 e. The van der Waals surface area contributed by atoms with Crippen LogP contribution in [0.4, 0.5) is 0 Å². The number of carbonyl (C=O) groups is 2. The number of esters is 1. The zero-order chi connectivity index (χ0) is 16.9. The van der Waals surface area contributed by atoms with Crippen molar-refractivity contribution in [2.45, 2.75) is 25.3 Å². The number of phenols is 2. The third kappa shape index (κ3) is 3.58. The molecule has 0 aliphatic rings. The van der Waals surface area contributed by atoms with Gasteiger partial charge in [-0.3, -0.25) is 4.79 Å². The number of nitrogens with zero attached hydrogens (tertiary/aromatic N) is 1. The van der Waals surface area contributed by atoms with Gasteiger partial charge in [0.15, 0.2) is 11.5 Å². The Kier molecular flexibility index (Phi) is 5.98. The Morgan fingerprint density at radius 3 is 2.45 bits per heavy atom. The number of phenolic OH excluding ortho intramolecular Hbond substituents is 2. The van der Waals surface area contributed by atoms with Gasteiger partial charge in [-0.05, 0) is 30.2 Å². The Labute approximate surface area is 129 Å². The highest BCUT2D eigenvalue weighted by Crippen LogP contribution is 2.33. The number of hydrogen-bond donors (Lipinski definition) is 2. The van der Waals surface area contributed by atoms with E-state index in [4.69, 9.17) is 4.74 Å². The molecular formula is C16H21NO5. The summed E-state index contributed by atoms with van der Waals surface area (Å²) in [5.41, 5.74) is 0.622. The van der Waals surface area contributed by atoms with Gasteiger partial charge in [0.1, 0.15) is 6.04 Å². The molecule has 1 aromatic rings. The molecule has 0 aliphatic heterocycles. The summed E-state index contributed by atoms with van der Waals surface area (Å²) < 4.78 is 4.81. The van der Waals surface area contributed by atoms with Crippen LogP contribution in [-0.2, 0) is 14.3 Å². The van der Waals surface area contributed by atoms with E-state index in [1.54, 1.807) is 6.07 Å². The number of likely N-dealkylation sites (N-methyl/N-ethyl adjacent to an activating group) is 1. The van der Waals surface area contributed by atoms with Crippen LogP contribution >= 0.6 is 0 Å². The fraction of sp³-hybridized carbons (Fsp3) is 0.375. The van der Waals surface area contributed by atoms with E-state index in [0.29, 0.717) is 12.0 Å². The highest BCUT2D eigenvalue weighted by Gasteiger charge is 2.35. The minimum atomic E-state index is -0.857. The van der Waals surface area contributed by atoms with Gasteiger partial charge in [0.05, 0.1) is 7.11 Å². The molecule has 1 aromatic carbocycles. The minimum Gasteiger partial charge on any atom is -0.504 e. The monoisotopic (exact) mass is 307 g/mol. The van der Waals surface area contributed by atoms with Gasteiger partial charge in [-0.1, -0.05) is 19.6 Å². The number of aromatic hydroxyl groups is 2. The first-order valence-corrected chi connectivity index (χ1v) is 6.86. The third-order valence-electron chi connectivity index (χ3n) is 3.63. The van der Waals surface area contributed by atoms with Crippen molar-refractivity contribution in [2.24, 2.45) is 0 Å². The standard InChI is InChI=1S/C16H21NO5/c1-5-11(10-7-8-12(18)13(19)9-10)15(16(21)22-4)17(3)14(20)6-2/h6-9,11,15,18-19H,2,5H2,1,3-4H3. The van der Waals surface area contributed by atoms with E-state index in [-0.39, 0.29) is 11.5 Å². The van der Waals surface area contributed by atoms with Crippen molar-refractivity contribution in [3.05, 3.63) is 36.4 Å². The maximum Gasteiger partial charge on any atom is 0.329 e. The van der Waals surface area contributed by atoms with E-state index >= 15 is 0 Å². The van der Waals surface area contributed by atoms with Crippen LogP contribution in [-0.4, -0.2) is 47.2 Å². The van der Waals surface area contributed by atoms with Gasteiger partial charge in [0.25, 0.3) is 0 Å². The van der Waals surface area contributed by atoms with Gasteiger partial charge >= 0.3 is 5.97 Å². The summed E-state index contributed by atoms with van der Waals surface area (Å²) in [6, 6.07) is 3.47. The molecule has 0 spiro atoms. The summed E-state index contributed by atoms with van der Waals surface area (Å²) in [7, 11) is 2.75. The van der Waals surface area contributed by atoms with Gasteiger partial charge in [-0.2, -0.15) is 0 Å². The van der Waals surface area contributed by atoms with Gasteiger partial charge in [0, 0.05) is 13.0 Å². The van der Waals surface area contributed by atoms with Crippen LogP contribution in [0.25, 0.3) is 0 Å². The second-order valence-electron chi connectivity index (χ2n) is 4.88. The number of rotatable bonds is 6. The molecule has 6 heteroatoms. The molecule has 0 aliphatic carbocycles. The van der Waals surface area contributed by atoms with E-state index in [0.717, 1.165) is 6.08 Å². The number of methoxy groups -OCH3 is 1. The first-order valence-electron chi connectivity index (χ1n) is 6.86. The maximum atomic E-state index is 12.1. The predicted molar refractivity (Wildman–Crippen MR) is 81.6 cm³/mol. The SMILES string of the molecule is C=CC(=O)N(C)C(C(=O)OC)C(CC)c1ccc(O)c(O)c1. The zero-order valence-corrected chi connectivity index (χ0v) is 12.9. The lowest BCUT2D eigenvalue weighted by molar-refractivity contribution is -0.151. The number of ether oxygens (including phenoxy) is 1. The topological polar surface area (TPSA) is 87.1 Å². The van der Waals surface area contributed by atoms with E-state index in [9.17, 15) is 19.8 Å². The van der Waals surface area contributed by atoms with Crippen LogP contribution in [0.5, 0.6) is 11.5 Å². The Morgan fingerprint density at radius 1 is 1.36 bits per heavy atom. The molecule has 0 fully saturated rings. The highest BCUT2D eigenvalue weighted by molar-refractivity contribution is 5.91. The number of benzene rings is 1. The molecule has 1 rings (SSSR count). The number of carbonyl (C=O) groups excluding carboxylic acids is 2. The molecule has 0 saturated carbocycles. The van der Waals surface area contributed by atoms with Crippen molar-refractivity contribution in [2.75, 3.05) is 14.2 Å². The average Bonchev–Trinajstić information content (AvgIpc) is 2.53. The van der Waals surface area contributed by atoms with Crippen LogP contribution in [0.3, 0.4) is 0 Å². The molecule has 0 bridgehead atoms. The molecule has 0 aromatic heterocycles. The summed E-state index contributed by atoms with van der Waals surface area (Å²) in [5.74, 6) is -1.89. The van der Waals surface area contributed by atoms with Crippen molar-refractivity contribution in [1.29, 1.82) is 0 Å². The van der Waals surface area contributed by atoms with Crippen molar-refractivity contribution >= 4 is 11.9 Å². The highest BCUT2D eigenvalue weighted by atomic mass is 16.5. The van der Waals surface area contributed by atoms with Crippen molar-refractivity contribution in [3.8, 4) is 11.5 Å². The van der Waals surface area contributed by atoms with Gasteiger partial charge in [0.2, 0.25) is 5.91 Å². The lowest BCUT2D eigenvalue weighted by atomic mass is 9.88. The second-order valence-corrected chi connectivity index (χ2v) is 4.88. The molecule has 22 heavy (non-hydrogen) atoms. The van der Waals surface area contributed by atoms with E-state index in [2.05, 4.69) is 6.58 Å². The Hall–Kier alpha value is -2.50. The van der Waals surface area contributed by atoms with Crippen LogP contribution in [0, 0.1) is 0 Å². The Morgan fingerprint density at radius 2 is 2.00 bits per heavy atom. The first kappa shape index (κ1) is 17.6. The van der Waals surface area contributed by atoms with Crippen LogP contribution < -0.4 is 0 Å². The lowest BCUT2D eigenvalue weighted by Gasteiger charge is -2.32. The predicted octanol–water partition coefficient (Wildman–Crippen LogP) is 1.78. The van der Waals surface area contributed by atoms with Crippen molar-refractivity contribution in [1.82, 2.24) is 4.90 Å². The van der Waals surface area contributed by atoms with Crippen LogP contribution in [0.2, 0.25) is 0 Å². The quantitative estimate of drug-likeness (QED) is 0.475. The summed E-state index contributed by atoms with van der Waals surface area (Å²) in [6.07, 6.45) is 1.65. The Balaban J connectivity index is 3.29. The first-order chi connectivity index (χ1) is 10.4. The summed E-state index contributed by atoms with van der Waals surface area (Å²) in [6.45, 7) is 5.27. The molecule has 0 radical (unpaired) electrons. The van der Waals surface area contributed by atoms with E-state index < -0.39 is 23.8 Å². The fourth-order valence-corrected chi connectivity index (χ4v) is 2.41. The second kappa shape index (κ2) is 7.49. The molecule has 2 N–H and O–H groups in total. The molecule has 120 valence electrons. The molecule has 1 amide bonds. The Bertz CT molecular complexity index is 570. The molecule has 2 unspecified atom stereocenters. The van der Waals surface area contributed by atoms with Crippen LogP contribution in [0.15, 0.2) is 30.9 Å². The molecule has 6 nitrogen and oxygen atoms in total. The molecule has 0 heterocycles. The number of amides is 1. The van der Waals surface area contributed by atoms with Crippen molar-refractivity contribution in [3.63, 3.8) is 0 Å². The number of hydrogen-bond acceptors (Lipinski definition) is 5. The molecular weight excluding hydrogens is 286 g/mol.